The van der Waals surface area contributed by atoms with E-state index in [1.165, 1.54) is 12.1 Å². The number of hydrogen-bond acceptors (Lipinski definition) is 0. The standard InChI is InChI=1S/C16H11F3/c17-16(18,19)15-11-9-14(10-12-15)8-4-7-13-5-2-1-3-6-13/h1-3,5-6,9-12H,8H2. The van der Waals surface area contributed by atoms with Crippen LogP contribution in [0.1, 0.15) is 16.7 Å². The molecule has 0 aliphatic heterocycles. The Morgan fingerprint density at radius 2 is 1.47 bits per heavy atom. The van der Waals surface area contributed by atoms with E-state index in [9.17, 15) is 13.2 Å². The Morgan fingerprint density at radius 3 is 2.05 bits per heavy atom. The summed E-state index contributed by atoms with van der Waals surface area (Å²) < 4.78 is 37.1. The van der Waals surface area contributed by atoms with E-state index in [0.29, 0.717) is 6.42 Å². The molecule has 0 bridgehead atoms. The maximum atomic E-state index is 12.4. The third-order valence-electron chi connectivity index (χ3n) is 2.58. The van der Waals surface area contributed by atoms with E-state index < -0.39 is 11.7 Å². The van der Waals surface area contributed by atoms with Crippen LogP contribution in [-0.2, 0) is 12.6 Å². The van der Waals surface area contributed by atoms with Gasteiger partial charge < -0.3 is 0 Å². The van der Waals surface area contributed by atoms with E-state index in [2.05, 4.69) is 11.8 Å². The largest absolute Gasteiger partial charge is 0.416 e. The fourth-order valence-electron chi connectivity index (χ4n) is 1.58. The molecule has 0 saturated heterocycles. The summed E-state index contributed by atoms with van der Waals surface area (Å²) in [5.41, 5.74) is 1.04. The molecule has 0 aliphatic rings. The summed E-state index contributed by atoms with van der Waals surface area (Å²) in [6.45, 7) is 0. The highest BCUT2D eigenvalue weighted by atomic mass is 19.4. The van der Waals surface area contributed by atoms with Crippen molar-refractivity contribution in [3.05, 3.63) is 71.3 Å². The second kappa shape index (κ2) is 5.62. The quantitative estimate of drug-likeness (QED) is 0.671. The van der Waals surface area contributed by atoms with Gasteiger partial charge in [0.2, 0.25) is 0 Å². The van der Waals surface area contributed by atoms with Crippen LogP contribution in [0.15, 0.2) is 54.6 Å². The smallest absolute Gasteiger partial charge is 0.166 e. The van der Waals surface area contributed by atoms with Crippen molar-refractivity contribution >= 4 is 0 Å². The van der Waals surface area contributed by atoms with Gasteiger partial charge in [0.25, 0.3) is 0 Å². The summed E-state index contributed by atoms with van der Waals surface area (Å²) in [5.74, 6) is 5.91. The SMILES string of the molecule is FC(F)(F)c1ccc(CC#Cc2ccccc2)cc1. The first kappa shape index (κ1) is 13.2. The van der Waals surface area contributed by atoms with Crippen LogP contribution in [0.3, 0.4) is 0 Å². The van der Waals surface area contributed by atoms with Crippen LogP contribution in [0.25, 0.3) is 0 Å². The maximum Gasteiger partial charge on any atom is 0.416 e. The minimum Gasteiger partial charge on any atom is -0.166 e. The number of rotatable bonds is 1. The lowest BCUT2D eigenvalue weighted by Gasteiger charge is -2.06. The van der Waals surface area contributed by atoms with Crippen LogP contribution in [0.5, 0.6) is 0 Å². The highest BCUT2D eigenvalue weighted by molar-refractivity contribution is 5.35. The first-order valence-corrected chi connectivity index (χ1v) is 5.76. The maximum absolute atomic E-state index is 12.4. The number of hydrogen-bond donors (Lipinski definition) is 0. The van der Waals surface area contributed by atoms with Gasteiger partial charge in [-0.25, -0.2) is 0 Å². The van der Waals surface area contributed by atoms with Crippen LogP contribution in [0.4, 0.5) is 13.2 Å². The van der Waals surface area contributed by atoms with Gasteiger partial charge in [0.1, 0.15) is 0 Å². The lowest BCUT2D eigenvalue weighted by atomic mass is 10.1. The van der Waals surface area contributed by atoms with Gasteiger partial charge in [-0.3, -0.25) is 0 Å². The predicted molar refractivity (Wildman–Crippen MR) is 68.5 cm³/mol. The van der Waals surface area contributed by atoms with Gasteiger partial charge in [-0.05, 0) is 29.8 Å². The topological polar surface area (TPSA) is 0 Å². The Kier molecular flexibility index (Phi) is 3.91. The molecule has 0 saturated carbocycles. The van der Waals surface area contributed by atoms with E-state index in [1.54, 1.807) is 0 Å². The van der Waals surface area contributed by atoms with Crippen LogP contribution >= 0.6 is 0 Å². The highest BCUT2D eigenvalue weighted by Gasteiger charge is 2.29. The molecule has 0 atom stereocenters. The minimum absolute atomic E-state index is 0.438. The van der Waals surface area contributed by atoms with Gasteiger partial charge in [0.15, 0.2) is 0 Å². The molecule has 0 spiro atoms. The monoisotopic (exact) mass is 260 g/mol. The van der Waals surface area contributed by atoms with E-state index in [-0.39, 0.29) is 0 Å². The average Bonchev–Trinajstić information content (AvgIpc) is 2.39. The molecule has 0 unspecified atom stereocenters. The Morgan fingerprint density at radius 1 is 0.842 bits per heavy atom. The van der Waals surface area contributed by atoms with Crippen molar-refractivity contribution in [2.75, 3.05) is 0 Å². The predicted octanol–water partition coefficient (Wildman–Crippen LogP) is 4.30. The molecule has 2 rings (SSSR count). The van der Waals surface area contributed by atoms with Crippen LogP contribution in [0.2, 0.25) is 0 Å². The first-order chi connectivity index (χ1) is 9.05. The Labute approximate surface area is 109 Å². The second-order valence-corrected chi connectivity index (χ2v) is 4.04. The van der Waals surface area contributed by atoms with Gasteiger partial charge >= 0.3 is 6.18 Å². The molecule has 2 aromatic carbocycles. The molecule has 0 N–H and O–H groups in total. The summed E-state index contributed by atoms with van der Waals surface area (Å²) in [5, 5.41) is 0. The lowest BCUT2D eigenvalue weighted by Crippen LogP contribution is -2.04. The lowest BCUT2D eigenvalue weighted by molar-refractivity contribution is -0.137. The van der Waals surface area contributed by atoms with Gasteiger partial charge in [0.05, 0.1) is 5.56 Å². The Hall–Kier alpha value is -2.21. The Bertz CT molecular complexity index is 584. The van der Waals surface area contributed by atoms with Crippen molar-refractivity contribution in [3.8, 4) is 11.8 Å². The fourth-order valence-corrected chi connectivity index (χ4v) is 1.58. The van der Waals surface area contributed by atoms with Crippen molar-refractivity contribution in [3.63, 3.8) is 0 Å². The molecule has 0 fully saturated rings. The van der Waals surface area contributed by atoms with E-state index >= 15 is 0 Å². The minimum atomic E-state index is -4.28. The fraction of sp³-hybridized carbons (Fsp3) is 0.125. The zero-order valence-corrected chi connectivity index (χ0v) is 10.0. The van der Waals surface area contributed by atoms with Crippen molar-refractivity contribution in [2.24, 2.45) is 0 Å². The summed E-state index contributed by atoms with van der Waals surface area (Å²) in [6.07, 6.45) is -3.85. The number of benzene rings is 2. The van der Waals surface area contributed by atoms with E-state index in [0.717, 1.165) is 23.3 Å². The third kappa shape index (κ3) is 3.89. The molecule has 3 heteroatoms. The summed E-state index contributed by atoms with van der Waals surface area (Å²) in [6, 6.07) is 14.6. The van der Waals surface area contributed by atoms with Gasteiger partial charge in [-0.2, -0.15) is 13.2 Å². The molecule has 0 aromatic heterocycles. The van der Waals surface area contributed by atoms with E-state index in [4.69, 9.17) is 0 Å². The molecule has 0 heterocycles. The molecule has 2 aromatic rings. The molecular weight excluding hydrogens is 249 g/mol. The first-order valence-electron chi connectivity index (χ1n) is 5.76. The number of alkyl halides is 3. The van der Waals surface area contributed by atoms with Gasteiger partial charge in [-0.15, -0.1) is 0 Å². The average molecular weight is 260 g/mol. The molecule has 0 aliphatic carbocycles. The van der Waals surface area contributed by atoms with Crippen molar-refractivity contribution in [1.82, 2.24) is 0 Å². The summed E-state index contributed by atoms with van der Waals surface area (Å²) >= 11 is 0. The third-order valence-corrected chi connectivity index (χ3v) is 2.58. The second-order valence-electron chi connectivity index (χ2n) is 4.04. The Balaban J connectivity index is 2.03. The summed E-state index contributed by atoms with van der Waals surface area (Å²) in [7, 11) is 0. The molecule has 0 nitrogen and oxygen atoms in total. The number of halogens is 3. The highest BCUT2D eigenvalue weighted by Crippen LogP contribution is 2.29. The molecule has 0 amide bonds. The van der Waals surface area contributed by atoms with Crippen molar-refractivity contribution < 1.29 is 13.2 Å². The molecular formula is C16H11F3. The molecule has 0 radical (unpaired) electrons. The molecule has 19 heavy (non-hydrogen) atoms. The van der Waals surface area contributed by atoms with Gasteiger partial charge in [-0.1, -0.05) is 42.2 Å². The van der Waals surface area contributed by atoms with Crippen molar-refractivity contribution in [1.29, 1.82) is 0 Å². The van der Waals surface area contributed by atoms with Crippen LogP contribution < -0.4 is 0 Å². The normalized spacial score (nSPS) is 10.7. The van der Waals surface area contributed by atoms with Crippen LogP contribution in [-0.4, -0.2) is 0 Å². The van der Waals surface area contributed by atoms with Crippen molar-refractivity contribution in [2.45, 2.75) is 12.6 Å². The summed E-state index contributed by atoms with van der Waals surface area (Å²) in [4.78, 5) is 0. The zero-order chi connectivity index (χ0) is 13.7. The molecule has 96 valence electrons. The van der Waals surface area contributed by atoms with E-state index in [1.807, 2.05) is 30.3 Å². The van der Waals surface area contributed by atoms with Crippen LogP contribution in [0, 0.1) is 11.8 Å². The zero-order valence-electron chi connectivity index (χ0n) is 10.0. The van der Waals surface area contributed by atoms with Gasteiger partial charge in [0, 0.05) is 12.0 Å².